The molecule has 0 aliphatic heterocycles. The molecule has 0 saturated carbocycles. The van der Waals surface area contributed by atoms with Crippen molar-refractivity contribution in [1.82, 2.24) is 4.90 Å². The van der Waals surface area contributed by atoms with Gasteiger partial charge in [-0.15, -0.1) is 0 Å². The van der Waals surface area contributed by atoms with Crippen molar-refractivity contribution in [2.75, 3.05) is 26.7 Å². The van der Waals surface area contributed by atoms with Crippen LogP contribution in [0.1, 0.15) is 26.7 Å². The average Bonchev–Trinajstić information content (AvgIpc) is 2.02. The summed E-state index contributed by atoms with van der Waals surface area (Å²) in [6.07, 6.45) is -0.485. The van der Waals surface area contributed by atoms with E-state index < -0.39 is 6.43 Å². The van der Waals surface area contributed by atoms with Crippen LogP contribution < -0.4 is 0 Å². The molecule has 86 valence electrons. The molecule has 0 aromatic carbocycles. The van der Waals surface area contributed by atoms with Gasteiger partial charge in [-0.05, 0) is 13.5 Å². The second-order valence-electron chi connectivity index (χ2n) is 4.31. The summed E-state index contributed by atoms with van der Waals surface area (Å²) in [7, 11) is 1.66. The zero-order valence-corrected chi connectivity index (χ0v) is 9.26. The van der Waals surface area contributed by atoms with Crippen molar-refractivity contribution in [3.8, 4) is 0 Å². The summed E-state index contributed by atoms with van der Waals surface area (Å²) in [6.45, 7) is 4.30. The number of aliphatic hydroxyl groups is 1. The smallest absolute Gasteiger partial charge is 0.251 e. The monoisotopic (exact) mass is 209 g/mol. The van der Waals surface area contributed by atoms with Gasteiger partial charge in [0, 0.05) is 18.6 Å². The molecule has 0 fully saturated rings. The lowest BCUT2D eigenvalue weighted by molar-refractivity contribution is 0.0512. The van der Waals surface area contributed by atoms with E-state index in [9.17, 15) is 13.9 Å². The van der Waals surface area contributed by atoms with Crippen molar-refractivity contribution in [2.24, 2.45) is 5.41 Å². The third-order valence-electron chi connectivity index (χ3n) is 2.34. The number of halogens is 2. The number of alkyl halides is 2. The minimum Gasteiger partial charge on any atom is -0.396 e. The summed E-state index contributed by atoms with van der Waals surface area (Å²) in [6, 6.07) is 0. The number of aliphatic hydroxyl groups excluding tert-OH is 1. The van der Waals surface area contributed by atoms with Gasteiger partial charge in [0.1, 0.15) is 0 Å². The molecule has 0 aromatic heterocycles. The molecule has 0 rings (SSSR count). The number of rotatable bonds is 7. The standard InChI is InChI=1S/C10H21F2NO/c1-4-5-10(2,8-14)7-13(3)6-9(11)12/h9,14H,4-8H2,1-3H3. The first-order chi connectivity index (χ1) is 6.43. The Morgan fingerprint density at radius 1 is 1.43 bits per heavy atom. The Hall–Kier alpha value is -0.220. The molecule has 0 heterocycles. The lowest BCUT2D eigenvalue weighted by Gasteiger charge is -2.31. The topological polar surface area (TPSA) is 23.5 Å². The van der Waals surface area contributed by atoms with Gasteiger partial charge in [-0.2, -0.15) is 0 Å². The molecule has 2 nitrogen and oxygen atoms in total. The number of hydrogen-bond acceptors (Lipinski definition) is 2. The van der Waals surface area contributed by atoms with E-state index in [4.69, 9.17) is 0 Å². The van der Waals surface area contributed by atoms with Crippen molar-refractivity contribution in [3.63, 3.8) is 0 Å². The molecular formula is C10H21F2NO. The molecule has 0 aromatic rings. The molecule has 0 aliphatic rings. The Labute approximate surface area is 84.9 Å². The van der Waals surface area contributed by atoms with Gasteiger partial charge in [-0.1, -0.05) is 20.3 Å². The first-order valence-corrected chi connectivity index (χ1v) is 5.01. The van der Waals surface area contributed by atoms with Crippen LogP contribution in [0.4, 0.5) is 8.78 Å². The maximum Gasteiger partial charge on any atom is 0.251 e. The van der Waals surface area contributed by atoms with Crippen LogP contribution in [0.3, 0.4) is 0 Å². The van der Waals surface area contributed by atoms with Crippen LogP contribution in [0.15, 0.2) is 0 Å². The molecule has 1 unspecified atom stereocenters. The first-order valence-electron chi connectivity index (χ1n) is 5.01. The van der Waals surface area contributed by atoms with Gasteiger partial charge in [0.25, 0.3) is 6.43 Å². The second-order valence-corrected chi connectivity index (χ2v) is 4.31. The Morgan fingerprint density at radius 2 is 2.00 bits per heavy atom. The van der Waals surface area contributed by atoms with Gasteiger partial charge in [-0.25, -0.2) is 8.78 Å². The third-order valence-corrected chi connectivity index (χ3v) is 2.34. The van der Waals surface area contributed by atoms with E-state index in [0.29, 0.717) is 6.54 Å². The van der Waals surface area contributed by atoms with Crippen LogP contribution in [0.25, 0.3) is 0 Å². The molecule has 0 spiro atoms. The summed E-state index contributed by atoms with van der Waals surface area (Å²) in [5, 5.41) is 9.19. The van der Waals surface area contributed by atoms with Crippen LogP contribution in [0.5, 0.6) is 0 Å². The van der Waals surface area contributed by atoms with Crippen LogP contribution in [0, 0.1) is 5.41 Å². The quantitative estimate of drug-likeness (QED) is 0.693. The van der Waals surface area contributed by atoms with E-state index in [2.05, 4.69) is 0 Å². The zero-order valence-electron chi connectivity index (χ0n) is 9.26. The summed E-state index contributed by atoms with van der Waals surface area (Å²) in [5.41, 5.74) is -0.252. The van der Waals surface area contributed by atoms with Crippen LogP contribution in [-0.2, 0) is 0 Å². The summed E-state index contributed by atoms with van der Waals surface area (Å²) in [4.78, 5) is 1.58. The van der Waals surface area contributed by atoms with Gasteiger partial charge in [0.15, 0.2) is 0 Å². The maximum atomic E-state index is 12.0. The van der Waals surface area contributed by atoms with Crippen molar-refractivity contribution in [3.05, 3.63) is 0 Å². The molecule has 0 aliphatic carbocycles. The van der Waals surface area contributed by atoms with Crippen molar-refractivity contribution in [1.29, 1.82) is 0 Å². The fraction of sp³-hybridized carbons (Fsp3) is 1.00. The fourth-order valence-corrected chi connectivity index (χ4v) is 1.76. The van der Waals surface area contributed by atoms with E-state index in [-0.39, 0.29) is 18.6 Å². The molecule has 1 N–H and O–H groups in total. The normalized spacial score (nSPS) is 16.3. The lowest BCUT2D eigenvalue weighted by atomic mass is 9.86. The van der Waals surface area contributed by atoms with Crippen LogP contribution in [-0.4, -0.2) is 43.2 Å². The lowest BCUT2D eigenvalue weighted by Crippen LogP contribution is -2.38. The Kier molecular flexibility index (Phi) is 6.20. The minimum absolute atomic E-state index is 0.0500. The molecule has 0 saturated heterocycles. The van der Waals surface area contributed by atoms with Gasteiger partial charge >= 0.3 is 0 Å². The molecule has 0 radical (unpaired) electrons. The molecular weight excluding hydrogens is 188 g/mol. The molecule has 1 atom stereocenters. The predicted octanol–water partition coefficient (Wildman–Crippen LogP) is 1.98. The van der Waals surface area contributed by atoms with Gasteiger partial charge < -0.3 is 10.0 Å². The first kappa shape index (κ1) is 13.8. The molecule has 4 heteroatoms. The summed E-state index contributed by atoms with van der Waals surface area (Å²) < 4.78 is 24.1. The van der Waals surface area contributed by atoms with Gasteiger partial charge in [0.2, 0.25) is 0 Å². The maximum absolute atomic E-state index is 12.0. The van der Waals surface area contributed by atoms with E-state index in [1.807, 2.05) is 13.8 Å². The second kappa shape index (κ2) is 6.30. The van der Waals surface area contributed by atoms with Gasteiger partial charge in [0.05, 0.1) is 6.54 Å². The zero-order chi connectivity index (χ0) is 11.2. The number of hydrogen-bond donors (Lipinski definition) is 1. The predicted molar refractivity (Wildman–Crippen MR) is 53.6 cm³/mol. The van der Waals surface area contributed by atoms with Crippen molar-refractivity contribution < 1.29 is 13.9 Å². The van der Waals surface area contributed by atoms with E-state index in [0.717, 1.165) is 12.8 Å². The molecule has 0 amide bonds. The Bertz CT molecular complexity index is 155. The van der Waals surface area contributed by atoms with Gasteiger partial charge in [-0.3, -0.25) is 0 Å². The fourth-order valence-electron chi connectivity index (χ4n) is 1.76. The number of nitrogens with zero attached hydrogens (tertiary/aromatic N) is 1. The highest BCUT2D eigenvalue weighted by Gasteiger charge is 2.25. The third kappa shape index (κ3) is 5.50. The Morgan fingerprint density at radius 3 is 2.36 bits per heavy atom. The highest BCUT2D eigenvalue weighted by molar-refractivity contribution is 4.76. The van der Waals surface area contributed by atoms with E-state index in [1.165, 1.54) is 0 Å². The van der Waals surface area contributed by atoms with Crippen molar-refractivity contribution >= 4 is 0 Å². The molecule has 14 heavy (non-hydrogen) atoms. The van der Waals surface area contributed by atoms with E-state index in [1.54, 1.807) is 11.9 Å². The largest absolute Gasteiger partial charge is 0.396 e. The van der Waals surface area contributed by atoms with E-state index >= 15 is 0 Å². The summed E-state index contributed by atoms with van der Waals surface area (Å²) in [5.74, 6) is 0. The SMILES string of the molecule is CCCC(C)(CO)CN(C)CC(F)F. The highest BCUT2D eigenvalue weighted by Crippen LogP contribution is 2.23. The van der Waals surface area contributed by atoms with Crippen LogP contribution >= 0.6 is 0 Å². The van der Waals surface area contributed by atoms with Crippen molar-refractivity contribution in [2.45, 2.75) is 33.1 Å². The minimum atomic E-state index is -2.30. The highest BCUT2D eigenvalue weighted by atomic mass is 19.3. The van der Waals surface area contributed by atoms with Crippen LogP contribution in [0.2, 0.25) is 0 Å². The molecule has 0 bridgehead atoms. The average molecular weight is 209 g/mol. The Balaban J connectivity index is 4.02. The summed E-state index contributed by atoms with van der Waals surface area (Å²) >= 11 is 0.